The van der Waals surface area contributed by atoms with Crippen molar-refractivity contribution in [1.29, 1.82) is 0 Å². The average Bonchev–Trinajstić information content (AvgIpc) is 2.97. The van der Waals surface area contributed by atoms with Crippen LogP contribution in [0.25, 0.3) is 0 Å². The Morgan fingerprint density at radius 1 is 1.48 bits per heavy atom. The number of benzene rings is 1. The van der Waals surface area contributed by atoms with Crippen LogP contribution in [0.5, 0.6) is 5.75 Å². The number of methoxy groups -OCH3 is 1. The number of aromatic amines is 1. The van der Waals surface area contributed by atoms with Gasteiger partial charge in [0.15, 0.2) is 5.75 Å². The molecule has 0 saturated heterocycles. The summed E-state index contributed by atoms with van der Waals surface area (Å²) in [4.78, 5) is 16.6. The van der Waals surface area contributed by atoms with E-state index >= 15 is 0 Å². The number of nitrogens with zero attached hydrogens (tertiary/aromatic N) is 2. The molecule has 9 nitrogen and oxygen atoms in total. The van der Waals surface area contributed by atoms with Gasteiger partial charge in [0.05, 0.1) is 23.5 Å². The van der Waals surface area contributed by atoms with E-state index < -0.39 is 20.6 Å². The number of nitro groups is 1. The fourth-order valence-corrected chi connectivity index (χ4v) is 2.63. The number of sulfonamides is 1. The maximum Gasteiger partial charge on any atom is 0.312 e. The van der Waals surface area contributed by atoms with Gasteiger partial charge in [0.25, 0.3) is 0 Å². The third-order valence-corrected chi connectivity index (χ3v) is 4.04. The topological polar surface area (TPSA) is 127 Å². The normalized spacial score (nSPS) is 11.3. The van der Waals surface area contributed by atoms with Gasteiger partial charge in [-0.25, -0.2) is 18.1 Å². The number of rotatable bonds is 6. The molecule has 2 rings (SSSR count). The van der Waals surface area contributed by atoms with E-state index in [-0.39, 0.29) is 17.2 Å². The molecule has 0 spiro atoms. The molecule has 10 heteroatoms. The highest BCUT2D eigenvalue weighted by Gasteiger charge is 2.21. The van der Waals surface area contributed by atoms with Gasteiger partial charge in [0.1, 0.15) is 5.82 Å². The van der Waals surface area contributed by atoms with Crippen molar-refractivity contribution in [2.75, 3.05) is 7.11 Å². The molecule has 0 saturated carbocycles. The molecular formula is C11H12N4O5S. The molecule has 2 aromatic rings. The number of imidazole rings is 1. The number of hydrogen-bond donors (Lipinski definition) is 2. The van der Waals surface area contributed by atoms with Crippen LogP contribution in [0.4, 0.5) is 5.69 Å². The first-order chi connectivity index (χ1) is 9.94. The Bertz CT molecular complexity index is 742. The molecule has 0 aliphatic rings. The Balaban J connectivity index is 2.27. The van der Waals surface area contributed by atoms with Gasteiger partial charge in [-0.3, -0.25) is 10.1 Å². The number of aromatic nitrogens is 2. The van der Waals surface area contributed by atoms with Crippen molar-refractivity contribution in [3.63, 3.8) is 0 Å². The number of nitro benzene ring substituents is 1. The Hall–Kier alpha value is -2.46. The highest BCUT2D eigenvalue weighted by atomic mass is 32.2. The highest BCUT2D eigenvalue weighted by molar-refractivity contribution is 7.89. The molecule has 0 radical (unpaired) electrons. The van der Waals surface area contributed by atoms with Crippen LogP contribution in [0.1, 0.15) is 5.82 Å². The lowest BCUT2D eigenvalue weighted by Gasteiger charge is -2.07. The lowest BCUT2D eigenvalue weighted by atomic mass is 10.3. The molecule has 0 atom stereocenters. The zero-order valence-electron chi connectivity index (χ0n) is 10.9. The third kappa shape index (κ3) is 3.35. The molecule has 1 heterocycles. The summed E-state index contributed by atoms with van der Waals surface area (Å²) >= 11 is 0. The van der Waals surface area contributed by atoms with Crippen LogP contribution < -0.4 is 9.46 Å². The zero-order valence-corrected chi connectivity index (χ0v) is 11.8. The lowest BCUT2D eigenvalue weighted by molar-refractivity contribution is -0.386. The van der Waals surface area contributed by atoms with Gasteiger partial charge in [-0.2, -0.15) is 0 Å². The van der Waals surface area contributed by atoms with Gasteiger partial charge < -0.3 is 9.72 Å². The van der Waals surface area contributed by atoms with Crippen LogP contribution in [0.2, 0.25) is 0 Å². The van der Waals surface area contributed by atoms with E-state index in [2.05, 4.69) is 14.7 Å². The minimum Gasteiger partial charge on any atom is -0.490 e. The van der Waals surface area contributed by atoms with Crippen LogP contribution in [0.3, 0.4) is 0 Å². The van der Waals surface area contributed by atoms with Crippen LogP contribution in [-0.2, 0) is 16.6 Å². The van der Waals surface area contributed by atoms with Crippen LogP contribution in [0, 0.1) is 10.1 Å². The minimum absolute atomic E-state index is 0.00927. The van der Waals surface area contributed by atoms with E-state index in [4.69, 9.17) is 4.74 Å². The maximum absolute atomic E-state index is 12.1. The van der Waals surface area contributed by atoms with Crippen molar-refractivity contribution in [1.82, 2.24) is 14.7 Å². The smallest absolute Gasteiger partial charge is 0.312 e. The fraction of sp³-hybridized carbons (Fsp3) is 0.182. The Labute approximate surface area is 120 Å². The van der Waals surface area contributed by atoms with Gasteiger partial charge in [-0.1, -0.05) is 0 Å². The van der Waals surface area contributed by atoms with E-state index in [0.29, 0.717) is 5.82 Å². The highest BCUT2D eigenvalue weighted by Crippen LogP contribution is 2.29. The molecule has 0 amide bonds. The van der Waals surface area contributed by atoms with Crippen LogP contribution in [0.15, 0.2) is 35.5 Å². The zero-order chi connectivity index (χ0) is 15.5. The Morgan fingerprint density at radius 3 is 2.81 bits per heavy atom. The first-order valence-corrected chi connectivity index (χ1v) is 7.22. The number of H-pyrrole nitrogens is 1. The van der Waals surface area contributed by atoms with Gasteiger partial charge in [-0.15, -0.1) is 0 Å². The van der Waals surface area contributed by atoms with Crippen LogP contribution >= 0.6 is 0 Å². The largest absolute Gasteiger partial charge is 0.490 e. The monoisotopic (exact) mass is 312 g/mol. The predicted molar refractivity (Wildman–Crippen MR) is 72.3 cm³/mol. The van der Waals surface area contributed by atoms with Crippen molar-refractivity contribution in [2.24, 2.45) is 0 Å². The first-order valence-electron chi connectivity index (χ1n) is 5.74. The second kappa shape index (κ2) is 5.89. The lowest BCUT2D eigenvalue weighted by Crippen LogP contribution is -2.23. The molecule has 0 aliphatic heterocycles. The second-order valence-electron chi connectivity index (χ2n) is 3.95. The summed E-state index contributed by atoms with van der Waals surface area (Å²) in [6, 6.07) is 3.42. The molecule has 0 unspecified atom stereocenters. The summed E-state index contributed by atoms with van der Waals surface area (Å²) in [6.07, 6.45) is 3.05. The average molecular weight is 312 g/mol. The molecule has 0 bridgehead atoms. The van der Waals surface area contributed by atoms with Gasteiger partial charge in [0.2, 0.25) is 10.0 Å². The molecule has 2 N–H and O–H groups in total. The summed E-state index contributed by atoms with van der Waals surface area (Å²) in [7, 11) is -2.62. The summed E-state index contributed by atoms with van der Waals surface area (Å²) in [5.74, 6) is 0.423. The van der Waals surface area contributed by atoms with Crippen molar-refractivity contribution in [2.45, 2.75) is 11.4 Å². The van der Waals surface area contributed by atoms with E-state index in [1.165, 1.54) is 25.4 Å². The number of hydrogen-bond acceptors (Lipinski definition) is 6. The number of nitrogens with one attached hydrogen (secondary N) is 2. The Morgan fingerprint density at radius 2 is 2.24 bits per heavy atom. The van der Waals surface area contributed by atoms with Crippen LogP contribution in [-0.4, -0.2) is 30.4 Å². The molecule has 1 aromatic carbocycles. The maximum atomic E-state index is 12.1. The summed E-state index contributed by atoms with van der Waals surface area (Å²) in [5, 5.41) is 10.9. The first kappa shape index (κ1) is 14.9. The summed E-state index contributed by atoms with van der Waals surface area (Å²) in [6.45, 7) is -0.0465. The molecule has 112 valence electrons. The fourth-order valence-electron chi connectivity index (χ4n) is 1.62. The van der Waals surface area contributed by atoms with Crippen molar-refractivity contribution in [3.8, 4) is 5.75 Å². The SMILES string of the molecule is COc1ccc(S(=O)(=O)NCc2ncc[nH]2)cc1[N+](=O)[O-]. The molecule has 0 aliphatic carbocycles. The Kier molecular flexibility index (Phi) is 4.19. The summed E-state index contributed by atoms with van der Waals surface area (Å²) in [5.41, 5.74) is -0.418. The van der Waals surface area contributed by atoms with Gasteiger partial charge in [0, 0.05) is 18.5 Å². The van der Waals surface area contributed by atoms with Crippen molar-refractivity contribution >= 4 is 15.7 Å². The predicted octanol–water partition coefficient (Wildman–Crippen LogP) is 0.805. The van der Waals surface area contributed by atoms with Gasteiger partial charge >= 0.3 is 5.69 Å². The standard InChI is InChI=1S/C11H12N4O5S/c1-20-10-3-2-8(6-9(10)15(16)17)21(18,19)14-7-11-12-4-5-13-11/h2-6,14H,7H2,1H3,(H,12,13). The molecule has 0 fully saturated rings. The van der Waals surface area contributed by atoms with E-state index in [9.17, 15) is 18.5 Å². The number of ether oxygens (including phenoxy) is 1. The molecular weight excluding hydrogens is 300 g/mol. The molecule has 21 heavy (non-hydrogen) atoms. The van der Waals surface area contributed by atoms with E-state index in [1.807, 2.05) is 0 Å². The van der Waals surface area contributed by atoms with E-state index in [1.54, 1.807) is 6.20 Å². The van der Waals surface area contributed by atoms with E-state index in [0.717, 1.165) is 6.07 Å². The molecule has 1 aromatic heterocycles. The second-order valence-corrected chi connectivity index (χ2v) is 5.72. The summed E-state index contributed by atoms with van der Waals surface area (Å²) < 4.78 is 31.3. The van der Waals surface area contributed by atoms with Crippen molar-refractivity contribution in [3.05, 3.63) is 46.5 Å². The third-order valence-electron chi connectivity index (χ3n) is 2.64. The van der Waals surface area contributed by atoms with Crippen molar-refractivity contribution < 1.29 is 18.1 Å². The van der Waals surface area contributed by atoms with Gasteiger partial charge in [-0.05, 0) is 12.1 Å². The quantitative estimate of drug-likeness (QED) is 0.600. The minimum atomic E-state index is -3.89.